The number of hydrogen-bond acceptors (Lipinski definition) is 3. The van der Waals surface area contributed by atoms with E-state index < -0.39 is 0 Å². The zero-order valence-electron chi connectivity index (χ0n) is 15.5. The number of amides is 1. The summed E-state index contributed by atoms with van der Waals surface area (Å²) in [5.41, 5.74) is 1.31. The van der Waals surface area contributed by atoms with Gasteiger partial charge in [0.2, 0.25) is 5.91 Å². The highest BCUT2D eigenvalue weighted by molar-refractivity contribution is 6.31. The molecule has 1 aromatic rings. The Labute approximate surface area is 161 Å². The molecule has 1 aromatic carbocycles. The molecule has 1 heterocycles. The van der Waals surface area contributed by atoms with E-state index in [1.54, 1.807) is 14.2 Å². The van der Waals surface area contributed by atoms with Crippen molar-refractivity contribution in [2.75, 3.05) is 27.2 Å². The number of nitrogens with zero attached hydrogens (tertiary/aromatic N) is 2. The fourth-order valence-corrected chi connectivity index (χ4v) is 4.19. The van der Waals surface area contributed by atoms with Crippen molar-refractivity contribution < 1.29 is 9.63 Å². The molecule has 3 atom stereocenters. The highest BCUT2D eigenvalue weighted by atomic mass is 35.5. The van der Waals surface area contributed by atoms with E-state index in [0.717, 1.165) is 37.5 Å². The van der Waals surface area contributed by atoms with E-state index in [1.165, 1.54) is 10.6 Å². The van der Waals surface area contributed by atoms with Crippen molar-refractivity contribution in [3.8, 4) is 0 Å². The van der Waals surface area contributed by atoms with E-state index in [0.29, 0.717) is 5.92 Å². The number of halogens is 1. The van der Waals surface area contributed by atoms with E-state index in [1.807, 2.05) is 12.1 Å². The molecule has 1 saturated heterocycles. The largest absolute Gasteiger partial charge is 0.299 e. The lowest BCUT2D eigenvalue weighted by molar-refractivity contribution is -0.178. The average Bonchev–Trinajstić information content (AvgIpc) is 2.68. The van der Waals surface area contributed by atoms with Gasteiger partial charge in [-0.2, -0.15) is 0 Å². The lowest BCUT2D eigenvalue weighted by Crippen LogP contribution is -2.48. The van der Waals surface area contributed by atoms with Crippen LogP contribution in [0.2, 0.25) is 0 Å². The monoisotopic (exact) mass is 374 g/mol. The van der Waals surface area contributed by atoms with Crippen LogP contribution >= 0.6 is 11.6 Å². The predicted octanol–water partition coefficient (Wildman–Crippen LogP) is 3.84. The molecule has 26 heavy (non-hydrogen) atoms. The lowest BCUT2D eigenvalue weighted by Gasteiger charge is -2.42. The molecule has 0 radical (unpaired) electrons. The molecule has 5 heteroatoms. The van der Waals surface area contributed by atoms with Crippen LogP contribution in [0.1, 0.15) is 18.4 Å². The molecule has 1 amide bonds. The van der Waals surface area contributed by atoms with Crippen molar-refractivity contribution in [2.24, 2.45) is 17.8 Å². The van der Waals surface area contributed by atoms with Gasteiger partial charge in [-0.3, -0.25) is 14.5 Å². The minimum absolute atomic E-state index is 0.0214. The van der Waals surface area contributed by atoms with Gasteiger partial charge in [0.15, 0.2) is 0 Å². The maximum absolute atomic E-state index is 12.8. The number of allylic oxidation sites excluding steroid dienone is 4. The summed E-state index contributed by atoms with van der Waals surface area (Å²) in [6, 6.07) is 10.5. The van der Waals surface area contributed by atoms with Gasteiger partial charge in [-0.1, -0.05) is 54.1 Å². The van der Waals surface area contributed by atoms with Crippen LogP contribution in [0.4, 0.5) is 0 Å². The number of piperidine rings is 1. The van der Waals surface area contributed by atoms with E-state index in [4.69, 9.17) is 16.4 Å². The van der Waals surface area contributed by atoms with Crippen molar-refractivity contribution >= 4 is 17.5 Å². The lowest BCUT2D eigenvalue weighted by atomic mass is 9.74. The first-order valence-corrected chi connectivity index (χ1v) is 9.58. The number of hydrogen-bond donors (Lipinski definition) is 0. The number of likely N-dealkylation sites (tertiary alicyclic amines) is 1. The van der Waals surface area contributed by atoms with E-state index in [-0.39, 0.29) is 17.7 Å². The molecule has 1 aliphatic carbocycles. The molecule has 1 aliphatic heterocycles. The molecule has 1 fully saturated rings. The normalized spacial score (nSPS) is 26.4. The van der Waals surface area contributed by atoms with Crippen molar-refractivity contribution in [2.45, 2.75) is 19.4 Å². The van der Waals surface area contributed by atoms with Gasteiger partial charge in [0.1, 0.15) is 0 Å². The number of carbonyl (C=O) groups is 1. The second kappa shape index (κ2) is 8.85. The van der Waals surface area contributed by atoms with Gasteiger partial charge < -0.3 is 0 Å². The molecular formula is C21H27ClN2O2. The zero-order chi connectivity index (χ0) is 18.5. The molecule has 0 aromatic heterocycles. The Hall–Kier alpha value is -1.62. The molecular weight excluding hydrogens is 348 g/mol. The Bertz CT molecular complexity index is 674. The van der Waals surface area contributed by atoms with Gasteiger partial charge in [-0.15, -0.1) is 0 Å². The van der Waals surface area contributed by atoms with Crippen molar-refractivity contribution in [1.29, 1.82) is 0 Å². The molecule has 3 rings (SSSR count). The molecule has 0 spiro atoms. The van der Waals surface area contributed by atoms with E-state index in [2.05, 4.69) is 41.3 Å². The fraction of sp³-hybridized carbons (Fsp3) is 0.476. The molecule has 4 nitrogen and oxygen atoms in total. The molecule has 2 aliphatic rings. The third-order valence-corrected chi connectivity index (χ3v) is 5.81. The van der Waals surface area contributed by atoms with Crippen LogP contribution in [0.3, 0.4) is 0 Å². The SMILES string of the molecule is CON(C)C(=O)[C@@H]1CCN(Cc2ccccc2)C[C@@H]1[C@H]1C=CC(Cl)=CC1. The van der Waals surface area contributed by atoms with Crippen LogP contribution in [-0.4, -0.2) is 43.1 Å². The van der Waals surface area contributed by atoms with Gasteiger partial charge in [-0.25, -0.2) is 5.06 Å². The van der Waals surface area contributed by atoms with Gasteiger partial charge in [-0.05, 0) is 42.9 Å². The van der Waals surface area contributed by atoms with Crippen molar-refractivity contribution in [3.63, 3.8) is 0 Å². The maximum Gasteiger partial charge on any atom is 0.249 e. The molecule has 0 saturated carbocycles. The highest BCUT2D eigenvalue weighted by Crippen LogP contribution is 2.36. The van der Waals surface area contributed by atoms with E-state index >= 15 is 0 Å². The number of carbonyl (C=O) groups excluding carboxylic acids is 1. The Morgan fingerprint density at radius 3 is 2.77 bits per heavy atom. The van der Waals surface area contributed by atoms with Crippen LogP contribution in [0.25, 0.3) is 0 Å². The summed E-state index contributed by atoms with van der Waals surface area (Å²) >= 11 is 6.10. The summed E-state index contributed by atoms with van der Waals surface area (Å²) in [5, 5.41) is 2.16. The number of hydroxylamine groups is 2. The summed E-state index contributed by atoms with van der Waals surface area (Å²) in [7, 11) is 3.24. The fourth-order valence-electron chi connectivity index (χ4n) is 4.03. The van der Waals surface area contributed by atoms with Crippen molar-refractivity contribution in [3.05, 3.63) is 59.2 Å². The van der Waals surface area contributed by atoms with Crippen LogP contribution < -0.4 is 0 Å². The average molecular weight is 375 g/mol. The first-order chi connectivity index (χ1) is 12.6. The smallest absolute Gasteiger partial charge is 0.249 e. The van der Waals surface area contributed by atoms with Crippen molar-refractivity contribution in [1.82, 2.24) is 9.96 Å². The summed E-state index contributed by atoms with van der Waals surface area (Å²) in [4.78, 5) is 20.5. The predicted molar refractivity (Wildman–Crippen MR) is 104 cm³/mol. The van der Waals surface area contributed by atoms with Crippen LogP contribution in [0, 0.1) is 17.8 Å². The summed E-state index contributed by atoms with van der Waals surface area (Å²) in [5.74, 6) is 0.642. The Morgan fingerprint density at radius 2 is 2.12 bits per heavy atom. The Balaban J connectivity index is 1.75. The Morgan fingerprint density at radius 1 is 1.35 bits per heavy atom. The molecule has 0 N–H and O–H groups in total. The van der Waals surface area contributed by atoms with Gasteiger partial charge in [0.25, 0.3) is 0 Å². The first kappa shape index (κ1) is 19.2. The van der Waals surface area contributed by atoms with Crippen LogP contribution in [-0.2, 0) is 16.2 Å². The molecule has 140 valence electrons. The minimum atomic E-state index is -0.0214. The van der Waals surface area contributed by atoms with E-state index in [9.17, 15) is 4.79 Å². The molecule has 0 bridgehead atoms. The summed E-state index contributed by atoms with van der Waals surface area (Å²) in [6.45, 7) is 2.75. The van der Waals surface area contributed by atoms with Gasteiger partial charge >= 0.3 is 0 Å². The second-order valence-corrected chi connectivity index (χ2v) is 7.58. The topological polar surface area (TPSA) is 32.8 Å². The first-order valence-electron chi connectivity index (χ1n) is 9.20. The van der Waals surface area contributed by atoms with Crippen LogP contribution in [0.15, 0.2) is 53.6 Å². The highest BCUT2D eigenvalue weighted by Gasteiger charge is 2.39. The quantitative estimate of drug-likeness (QED) is 0.734. The third kappa shape index (κ3) is 4.56. The summed E-state index contributed by atoms with van der Waals surface area (Å²) in [6.07, 6.45) is 7.94. The van der Waals surface area contributed by atoms with Gasteiger partial charge in [0.05, 0.1) is 7.11 Å². The Kier molecular flexibility index (Phi) is 6.52. The molecule has 0 unspecified atom stereocenters. The second-order valence-electron chi connectivity index (χ2n) is 7.15. The minimum Gasteiger partial charge on any atom is -0.299 e. The zero-order valence-corrected chi connectivity index (χ0v) is 16.2. The van der Waals surface area contributed by atoms with Gasteiger partial charge in [0, 0.05) is 31.1 Å². The number of rotatable bonds is 5. The maximum atomic E-state index is 12.8. The summed E-state index contributed by atoms with van der Waals surface area (Å²) < 4.78 is 0. The standard InChI is InChI=1S/C21H27ClN2O2/c1-23(26-2)21(25)19-12-13-24(14-16-6-4-3-5-7-16)15-20(19)17-8-10-18(22)11-9-17/h3-8,10-11,17,19-20H,9,12-15H2,1-2H3/t17-,19+,20+/m0/s1. The van der Waals surface area contributed by atoms with Crippen LogP contribution in [0.5, 0.6) is 0 Å². The number of benzene rings is 1. The third-order valence-electron chi connectivity index (χ3n) is 5.53.